The summed E-state index contributed by atoms with van der Waals surface area (Å²) in [5.41, 5.74) is 3.76. The summed E-state index contributed by atoms with van der Waals surface area (Å²) in [5, 5.41) is 2.84. The SMILES string of the molecule is COc1ccc(OC)c(N(Cc2ccc(C(=O)NCCOc3ccc(C)cc3C)cc2)S(C)(=O)=O)c1. The van der Waals surface area contributed by atoms with Crippen molar-refractivity contribution in [3.63, 3.8) is 0 Å². The van der Waals surface area contributed by atoms with Crippen molar-refractivity contribution in [3.05, 3.63) is 82.9 Å². The number of rotatable bonds is 11. The smallest absolute Gasteiger partial charge is 0.251 e. The number of sulfonamides is 1. The highest BCUT2D eigenvalue weighted by Crippen LogP contribution is 2.34. The third-order valence-electron chi connectivity index (χ3n) is 5.57. The fraction of sp³-hybridized carbons (Fsp3) is 0.296. The fourth-order valence-corrected chi connectivity index (χ4v) is 4.57. The summed E-state index contributed by atoms with van der Waals surface area (Å²) >= 11 is 0. The van der Waals surface area contributed by atoms with E-state index in [-0.39, 0.29) is 12.5 Å². The van der Waals surface area contributed by atoms with E-state index in [0.29, 0.717) is 41.5 Å². The highest BCUT2D eigenvalue weighted by molar-refractivity contribution is 7.92. The molecule has 9 heteroatoms. The maximum Gasteiger partial charge on any atom is 0.251 e. The minimum absolute atomic E-state index is 0.0635. The van der Waals surface area contributed by atoms with Gasteiger partial charge in [-0.1, -0.05) is 29.8 Å². The Morgan fingerprint density at radius 2 is 1.61 bits per heavy atom. The Morgan fingerprint density at radius 3 is 2.22 bits per heavy atom. The second-order valence-corrected chi connectivity index (χ2v) is 10.3. The summed E-state index contributed by atoms with van der Waals surface area (Å²) in [4.78, 5) is 12.5. The first-order valence-corrected chi connectivity index (χ1v) is 13.2. The van der Waals surface area contributed by atoms with Crippen LogP contribution in [0.3, 0.4) is 0 Å². The number of hydrogen-bond acceptors (Lipinski definition) is 6. The molecule has 3 rings (SSSR count). The number of carbonyl (C=O) groups excluding carboxylic acids is 1. The lowest BCUT2D eigenvalue weighted by atomic mass is 10.1. The van der Waals surface area contributed by atoms with E-state index in [1.807, 2.05) is 32.0 Å². The van der Waals surface area contributed by atoms with Crippen LogP contribution < -0.4 is 23.8 Å². The Kier molecular flexibility index (Phi) is 8.82. The zero-order valence-corrected chi connectivity index (χ0v) is 22.0. The van der Waals surface area contributed by atoms with Crippen LogP contribution >= 0.6 is 0 Å². The van der Waals surface area contributed by atoms with E-state index >= 15 is 0 Å². The van der Waals surface area contributed by atoms with Crippen LogP contribution in [-0.4, -0.2) is 48.0 Å². The Labute approximate surface area is 212 Å². The van der Waals surface area contributed by atoms with Crippen molar-refractivity contribution in [2.24, 2.45) is 0 Å². The van der Waals surface area contributed by atoms with Crippen LogP contribution in [0.15, 0.2) is 60.7 Å². The van der Waals surface area contributed by atoms with Crippen LogP contribution in [0.25, 0.3) is 0 Å². The van der Waals surface area contributed by atoms with Crippen LogP contribution in [-0.2, 0) is 16.6 Å². The molecule has 0 atom stereocenters. The molecular weight excluding hydrogens is 480 g/mol. The summed E-state index contributed by atoms with van der Waals surface area (Å²) in [6.07, 6.45) is 1.13. The van der Waals surface area contributed by atoms with Gasteiger partial charge in [0.1, 0.15) is 23.9 Å². The normalized spacial score (nSPS) is 11.0. The lowest BCUT2D eigenvalue weighted by Crippen LogP contribution is -2.30. The maximum absolute atomic E-state index is 12.6. The summed E-state index contributed by atoms with van der Waals surface area (Å²) in [6.45, 7) is 4.77. The molecule has 0 unspecified atom stereocenters. The molecule has 0 aliphatic heterocycles. The molecule has 3 aromatic carbocycles. The molecule has 8 nitrogen and oxygen atoms in total. The van der Waals surface area contributed by atoms with E-state index in [1.165, 1.54) is 24.1 Å². The topological polar surface area (TPSA) is 94.2 Å². The van der Waals surface area contributed by atoms with Gasteiger partial charge in [-0.15, -0.1) is 0 Å². The lowest BCUT2D eigenvalue weighted by Gasteiger charge is -2.25. The third kappa shape index (κ3) is 6.91. The van der Waals surface area contributed by atoms with E-state index in [1.54, 1.807) is 42.5 Å². The largest absolute Gasteiger partial charge is 0.497 e. The molecule has 36 heavy (non-hydrogen) atoms. The maximum atomic E-state index is 12.6. The van der Waals surface area contributed by atoms with Crippen LogP contribution in [0, 0.1) is 13.8 Å². The molecule has 0 radical (unpaired) electrons. The van der Waals surface area contributed by atoms with Crippen molar-refractivity contribution >= 4 is 21.6 Å². The lowest BCUT2D eigenvalue weighted by molar-refractivity contribution is 0.0947. The molecule has 0 saturated heterocycles. The van der Waals surface area contributed by atoms with Gasteiger partial charge in [-0.05, 0) is 55.3 Å². The van der Waals surface area contributed by atoms with Crippen molar-refractivity contribution in [3.8, 4) is 17.2 Å². The zero-order chi connectivity index (χ0) is 26.3. The van der Waals surface area contributed by atoms with Gasteiger partial charge in [0.25, 0.3) is 5.91 Å². The average molecular weight is 513 g/mol. The van der Waals surface area contributed by atoms with Crippen molar-refractivity contribution in [2.45, 2.75) is 20.4 Å². The van der Waals surface area contributed by atoms with Crippen molar-refractivity contribution < 1.29 is 27.4 Å². The number of amides is 1. The molecule has 1 amide bonds. The van der Waals surface area contributed by atoms with E-state index in [0.717, 1.165) is 17.6 Å². The molecule has 1 N–H and O–H groups in total. The molecule has 0 fully saturated rings. The minimum Gasteiger partial charge on any atom is -0.497 e. The van der Waals surface area contributed by atoms with Gasteiger partial charge in [0.2, 0.25) is 10.0 Å². The van der Waals surface area contributed by atoms with Crippen LogP contribution in [0.4, 0.5) is 5.69 Å². The predicted molar refractivity (Wildman–Crippen MR) is 141 cm³/mol. The Morgan fingerprint density at radius 1 is 0.917 bits per heavy atom. The molecule has 0 bridgehead atoms. The number of nitrogens with zero attached hydrogens (tertiary/aromatic N) is 1. The van der Waals surface area contributed by atoms with Gasteiger partial charge in [-0.25, -0.2) is 8.42 Å². The molecule has 3 aromatic rings. The number of nitrogens with one attached hydrogen (secondary N) is 1. The Balaban J connectivity index is 1.64. The van der Waals surface area contributed by atoms with E-state index in [2.05, 4.69) is 5.32 Å². The standard InChI is InChI=1S/C27H32N2O6S/c1-19-6-12-25(20(2)16-19)35-15-14-28-27(30)22-9-7-21(8-10-22)18-29(36(5,31)32)24-17-23(33-3)11-13-26(24)34-4/h6-13,16-17H,14-15,18H2,1-5H3,(H,28,30). The Hall–Kier alpha value is -3.72. The molecule has 0 aromatic heterocycles. The number of methoxy groups -OCH3 is 2. The highest BCUT2D eigenvalue weighted by atomic mass is 32.2. The number of benzene rings is 3. The van der Waals surface area contributed by atoms with Gasteiger partial charge in [0.05, 0.1) is 39.3 Å². The first-order valence-electron chi connectivity index (χ1n) is 11.4. The Bertz CT molecular complexity index is 1310. The van der Waals surface area contributed by atoms with Crippen LogP contribution in [0.2, 0.25) is 0 Å². The van der Waals surface area contributed by atoms with E-state index in [4.69, 9.17) is 14.2 Å². The first kappa shape index (κ1) is 26.9. The van der Waals surface area contributed by atoms with Gasteiger partial charge in [-0.3, -0.25) is 9.10 Å². The van der Waals surface area contributed by atoms with Gasteiger partial charge < -0.3 is 19.5 Å². The molecule has 0 aliphatic carbocycles. The molecule has 0 saturated carbocycles. The van der Waals surface area contributed by atoms with Gasteiger partial charge in [-0.2, -0.15) is 0 Å². The second-order valence-electron chi connectivity index (χ2n) is 8.38. The fourth-order valence-electron chi connectivity index (χ4n) is 3.69. The minimum atomic E-state index is -3.64. The predicted octanol–water partition coefficient (Wildman–Crippen LogP) is 4.10. The summed E-state index contributed by atoms with van der Waals surface area (Å²) in [6, 6.07) is 17.7. The van der Waals surface area contributed by atoms with Gasteiger partial charge in [0.15, 0.2) is 0 Å². The average Bonchev–Trinajstić information content (AvgIpc) is 2.85. The highest BCUT2D eigenvalue weighted by Gasteiger charge is 2.22. The zero-order valence-electron chi connectivity index (χ0n) is 21.2. The molecule has 0 aliphatic rings. The second kappa shape index (κ2) is 11.8. The summed E-state index contributed by atoms with van der Waals surface area (Å²) in [7, 11) is -0.651. The van der Waals surface area contributed by atoms with Crippen molar-refractivity contribution in [1.82, 2.24) is 5.32 Å². The van der Waals surface area contributed by atoms with Gasteiger partial charge >= 0.3 is 0 Å². The van der Waals surface area contributed by atoms with E-state index < -0.39 is 10.0 Å². The molecule has 0 heterocycles. The van der Waals surface area contributed by atoms with Crippen LogP contribution in [0.5, 0.6) is 17.2 Å². The van der Waals surface area contributed by atoms with E-state index in [9.17, 15) is 13.2 Å². The number of hydrogen-bond donors (Lipinski definition) is 1. The summed E-state index contributed by atoms with van der Waals surface area (Å²) in [5.74, 6) is 1.47. The number of aryl methyl sites for hydroxylation is 2. The summed E-state index contributed by atoms with van der Waals surface area (Å²) < 4.78 is 42.9. The van der Waals surface area contributed by atoms with Crippen molar-refractivity contribution in [2.75, 3.05) is 37.9 Å². The van der Waals surface area contributed by atoms with Crippen molar-refractivity contribution in [1.29, 1.82) is 0 Å². The number of anilines is 1. The van der Waals surface area contributed by atoms with Crippen LogP contribution in [0.1, 0.15) is 27.0 Å². The number of ether oxygens (including phenoxy) is 3. The molecular formula is C27H32N2O6S. The first-order chi connectivity index (χ1) is 17.1. The monoisotopic (exact) mass is 512 g/mol. The third-order valence-corrected chi connectivity index (χ3v) is 6.70. The molecule has 0 spiro atoms. The number of carbonyl (C=O) groups is 1. The van der Waals surface area contributed by atoms with Gasteiger partial charge in [0, 0.05) is 11.6 Å². The molecule has 192 valence electrons. The quantitative estimate of drug-likeness (QED) is 0.389.